The Morgan fingerprint density at radius 1 is 1.10 bits per heavy atom. The van der Waals surface area contributed by atoms with Gasteiger partial charge in [0.15, 0.2) is 0 Å². The number of halogens is 1. The lowest BCUT2D eigenvalue weighted by atomic mass is 9.89. The first-order valence-electron chi connectivity index (χ1n) is 10.6. The van der Waals surface area contributed by atoms with E-state index < -0.39 is 17.0 Å². The first kappa shape index (κ1) is 21.7. The molecule has 1 atom stereocenters. The fourth-order valence-electron chi connectivity index (χ4n) is 4.43. The fourth-order valence-corrected chi connectivity index (χ4v) is 5.49. The highest BCUT2D eigenvalue weighted by molar-refractivity contribution is 7.83. The molecule has 3 aromatic rings. The summed E-state index contributed by atoms with van der Waals surface area (Å²) < 4.78 is 30.0. The van der Waals surface area contributed by atoms with Crippen LogP contribution in [0.15, 0.2) is 53.4 Å². The van der Waals surface area contributed by atoms with E-state index in [1.54, 1.807) is 6.07 Å². The number of nitrogens with one attached hydrogen (secondary N) is 1. The number of carboxylic acids is 1. The van der Waals surface area contributed by atoms with Crippen molar-refractivity contribution in [1.29, 1.82) is 0 Å². The van der Waals surface area contributed by atoms with E-state index in [1.165, 1.54) is 31.4 Å². The number of hydrogen-bond acceptors (Lipinski definition) is 2. The van der Waals surface area contributed by atoms with Gasteiger partial charge in [0.2, 0.25) is 0 Å². The highest BCUT2D eigenvalue weighted by Gasteiger charge is 2.18. The van der Waals surface area contributed by atoms with E-state index in [0.29, 0.717) is 10.5 Å². The third-order valence-electron chi connectivity index (χ3n) is 6.05. The molecule has 1 unspecified atom stereocenters. The molecule has 0 aliphatic heterocycles. The molecule has 0 amide bonds. The van der Waals surface area contributed by atoms with Crippen LogP contribution in [0.1, 0.15) is 43.2 Å². The van der Waals surface area contributed by atoms with Crippen molar-refractivity contribution in [3.8, 4) is 11.1 Å². The molecule has 3 aromatic carbocycles. The summed E-state index contributed by atoms with van der Waals surface area (Å²) in [6.45, 7) is 1.87. The zero-order valence-corrected chi connectivity index (χ0v) is 18.3. The summed E-state index contributed by atoms with van der Waals surface area (Å²) in [7, 11) is -1.28. The predicted molar refractivity (Wildman–Crippen MR) is 122 cm³/mol. The maximum atomic E-state index is 14.0. The maximum Gasteiger partial charge on any atom is 0.307 e. The molecule has 0 spiro atoms. The van der Waals surface area contributed by atoms with E-state index in [4.69, 9.17) is 0 Å². The lowest BCUT2D eigenvalue weighted by molar-refractivity contribution is -0.136. The van der Waals surface area contributed by atoms with Gasteiger partial charge in [-0.05, 0) is 77.1 Å². The zero-order chi connectivity index (χ0) is 22.0. The van der Waals surface area contributed by atoms with Crippen LogP contribution >= 0.6 is 0 Å². The van der Waals surface area contributed by atoms with Gasteiger partial charge in [-0.1, -0.05) is 43.5 Å². The third kappa shape index (κ3) is 4.86. The fraction of sp³-hybridized carbons (Fsp3) is 0.320. The van der Waals surface area contributed by atoms with E-state index in [1.807, 2.05) is 37.3 Å². The van der Waals surface area contributed by atoms with Gasteiger partial charge >= 0.3 is 5.97 Å². The van der Waals surface area contributed by atoms with Crippen LogP contribution in [0.4, 0.5) is 4.39 Å². The van der Waals surface area contributed by atoms with Crippen molar-refractivity contribution in [2.75, 3.05) is 0 Å². The van der Waals surface area contributed by atoms with Gasteiger partial charge in [0.1, 0.15) is 16.8 Å². The van der Waals surface area contributed by atoms with Crippen molar-refractivity contribution in [1.82, 2.24) is 4.72 Å². The third-order valence-corrected chi connectivity index (χ3v) is 7.30. The Morgan fingerprint density at radius 2 is 1.81 bits per heavy atom. The van der Waals surface area contributed by atoms with Crippen molar-refractivity contribution in [3.63, 3.8) is 0 Å². The number of carbonyl (C=O) groups is 1. The van der Waals surface area contributed by atoms with Crippen LogP contribution in [-0.2, 0) is 22.2 Å². The molecule has 1 saturated carbocycles. The molecule has 4 rings (SSSR count). The minimum absolute atomic E-state index is 0.0977. The van der Waals surface area contributed by atoms with Crippen LogP contribution < -0.4 is 4.72 Å². The lowest BCUT2D eigenvalue weighted by Crippen LogP contribution is -2.32. The van der Waals surface area contributed by atoms with Crippen LogP contribution in [0.2, 0.25) is 0 Å². The van der Waals surface area contributed by atoms with Crippen molar-refractivity contribution in [2.24, 2.45) is 0 Å². The molecule has 162 valence electrons. The van der Waals surface area contributed by atoms with Gasteiger partial charge in [0, 0.05) is 6.04 Å². The molecular weight excluding hydrogens is 413 g/mol. The summed E-state index contributed by atoms with van der Waals surface area (Å²) in [5.41, 5.74) is 3.17. The van der Waals surface area contributed by atoms with E-state index in [-0.39, 0.29) is 18.3 Å². The smallest absolute Gasteiger partial charge is 0.307 e. The maximum absolute atomic E-state index is 14.0. The minimum atomic E-state index is -1.28. The van der Waals surface area contributed by atoms with Gasteiger partial charge < -0.3 is 5.11 Å². The Hall–Kier alpha value is -2.57. The average Bonchev–Trinajstić information content (AvgIpc) is 2.75. The van der Waals surface area contributed by atoms with E-state index in [9.17, 15) is 18.5 Å². The quantitative estimate of drug-likeness (QED) is 0.531. The zero-order valence-electron chi connectivity index (χ0n) is 17.5. The van der Waals surface area contributed by atoms with E-state index in [0.717, 1.165) is 40.3 Å². The number of hydrogen-bond donors (Lipinski definition) is 2. The summed E-state index contributed by atoms with van der Waals surface area (Å²) in [6.07, 6.45) is 5.59. The molecule has 1 aliphatic rings. The largest absolute Gasteiger partial charge is 0.481 e. The Balaban J connectivity index is 1.70. The SMILES string of the molecule is Cc1c(CC(=O)O)cc2ccc(F)cc2c1-c1ccc(S(=O)NC2CCCCC2)cc1. The van der Waals surface area contributed by atoms with Gasteiger partial charge in [-0.25, -0.2) is 13.3 Å². The summed E-state index contributed by atoms with van der Waals surface area (Å²) in [5.74, 6) is -1.25. The minimum Gasteiger partial charge on any atom is -0.481 e. The molecule has 2 N–H and O–H groups in total. The van der Waals surface area contributed by atoms with Crippen molar-refractivity contribution >= 4 is 27.7 Å². The van der Waals surface area contributed by atoms with Crippen LogP contribution in [0.3, 0.4) is 0 Å². The van der Waals surface area contributed by atoms with Crippen molar-refractivity contribution in [2.45, 2.75) is 56.4 Å². The summed E-state index contributed by atoms with van der Waals surface area (Å²) >= 11 is 0. The molecule has 31 heavy (non-hydrogen) atoms. The topological polar surface area (TPSA) is 66.4 Å². The summed E-state index contributed by atoms with van der Waals surface area (Å²) in [5, 5.41) is 10.8. The molecule has 4 nitrogen and oxygen atoms in total. The van der Waals surface area contributed by atoms with Crippen molar-refractivity contribution in [3.05, 3.63) is 65.5 Å². The first-order chi connectivity index (χ1) is 14.9. The van der Waals surface area contributed by atoms with Crippen LogP contribution in [0, 0.1) is 12.7 Å². The van der Waals surface area contributed by atoms with Crippen LogP contribution in [-0.4, -0.2) is 21.3 Å². The lowest BCUT2D eigenvalue weighted by Gasteiger charge is -2.22. The molecule has 1 fully saturated rings. The Bertz CT molecular complexity index is 1140. The molecule has 6 heteroatoms. The van der Waals surface area contributed by atoms with Gasteiger partial charge in [-0.15, -0.1) is 0 Å². The average molecular weight is 440 g/mol. The monoisotopic (exact) mass is 439 g/mol. The summed E-state index contributed by atoms with van der Waals surface area (Å²) in [4.78, 5) is 12.0. The van der Waals surface area contributed by atoms with Crippen LogP contribution in [0.25, 0.3) is 21.9 Å². The molecule has 0 saturated heterocycles. The molecule has 0 aromatic heterocycles. The van der Waals surface area contributed by atoms with Crippen LogP contribution in [0.5, 0.6) is 0 Å². The second-order valence-corrected chi connectivity index (χ2v) is 9.46. The van der Waals surface area contributed by atoms with E-state index in [2.05, 4.69) is 4.72 Å². The highest BCUT2D eigenvalue weighted by atomic mass is 32.2. The molecule has 0 heterocycles. The number of carboxylic acid groups (broad SMARTS) is 1. The Labute approximate surface area is 184 Å². The van der Waals surface area contributed by atoms with Gasteiger partial charge in [-0.2, -0.15) is 0 Å². The van der Waals surface area contributed by atoms with E-state index >= 15 is 0 Å². The highest BCUT2D eigenvalue weighted by Crippen LogP contribution is 2.35. The molecule has 0 radical (unpaired) electrons. The second kappa shape index (κ2) is 9.28. The number of benzene rings is 3. The van der Waals surface area contributed by atoms with Gasteiger partial charge in [0.05, 0.1) is 11.3 Å². The number of rotatable bonds is 6. The predicted octanol–water partition coefficient (Wildman–Crippen LogP) is 5.53. The number of fused-ring (bicyclic) bond motifs is 1. The second-order valence-electron chi connectivity index (χ2n) is 8.22. The summed E-state index contributed by atoms with van der Waals surface area (Å²) in [6, 6.07) is 14.1. The van der Waals surface area contributed by atoms with Crippen molar-refractivity contribution < 1.29 is 18.5 Å². The first-order valence-corrected chi connectivity index (χ1v) is 11.8. The molecule has 0 bridgehead atoms. The normalized spacial score (nSPS) is 15.8. The standard InChI is InChI=1S/C25H26FNO3S/c1-16-19(14-24(28)29)13-18-7-10-20(26)15-23(18)25(16)17-8-11-22(12-9-17)31(30)27-21-5-3-2-4-6-21/h7-13,15,21,27H,2-6,14H2,1H3,(H,28,29). The number of aliphatic carboxylic acids is 1. The van der Waals surface area contributed by atoms with Gasteiger partial charge in [-0.3, -0.25) is 4.79 Å². The Morgan fingerprint density at radius 3 is 2.48 bits per heavy atom. The van der Waals surface area contributed by atoms with Gasteiger partial charge in [0.25, 0.3) is 0 Å². The Kier molecular flexibility index (Phi) is 6.49. The molecule has 1 aliphatic carbocycles. The molecular formula is C25H26FNO3S.